The van der Waals surface area contributed by atoms with Gasteiger partial charge in [0.2, 0.25) is 11.8 Å². The highest BCUT2D eigenvalue weighted by atomic mass is 16.2. The lowest BCUT2D eigenvalue weighted by Crippen LogP contribution is -2.40. The number of hydrogen-bond acceptors (Lipinski definition) is 3. The van der Waals surface area contributed by atoms with Gasteiger partial charge in [0.25, 0.3) is 0 Å². The van der Waals surface area contributed by atoms with Gasteiger partial charge in [-0.3, -0.25) is 14.7 Å². The largest absolute Gasteiger partial charge is 0.343 e. The van der Waals surface area contributed by atoms with Crippen LogP contribution in [0.2, 0.25) is 0 Å². The number of aromatic amines is 1. The summed E-state index contributed by atoms with van der Waals surface area (Å²) in [5.74, 6) is 0.0775. The number of likely N-dealkylation sites (tertiary alicyclic amines) is 1. The van der Waals surface area contributed by atoms with Gasteiger partial charge in [0.15, 0.2) is 0 Å². The van der Waals surface area contributed by atoms with Crippen molar-refractivity contribution in [2.24, 2.45) is 5.92 Å². The lowest BCUT2D eigenvalue weighted by atomic mass is 9.96. The third kappa shape index (κ3) is 2.89. The molecule has 1 aromatic heterocycles. The van der Waals surface area contributed by atoms with Crippen molar-refractivity contribution in [3.05, 3.63) is 24.4 Å². The maximum atomic E-state index is 12.3. The van der Waals surface area contributed by atoms with Crippen molar-refractivity contribution in [1.82, 2.24) is 15.1 Å². The highest BCUT2D eigenvalue weighted by Crippen LogP contribution is 2.21. The number of aromatic nitrogens is 2. The Hall–Kier alpha value is -2.37. The summed E-state index contributed by atoms with van der Waals surface area (Å²) >= 11 is 0. The number of H-pyrrole nitrogens is 1. The molecule has 2 heterocycles. The lowest BCUT2D eigenvalue weighted by molar-refractivity contribution is -0.132. The van der Waals surface area contributed by atoms with Crippen LogP contribution in [0.1, 0.15) is 19.8 Å². The molecule has 2 aromatic rings. The summed E-state index contributed by atoms with van der Waals surface area (Å²) in [6, 6.07) is 5.68. The zero-order valence-electron chi connectivity index (χ0n) is 11.9. The first-order valence-electron chi connectivity index (χ1n) is 7.13. The molecule has 2 amide bonds. The van der Waals surface area contributed by atoms with Gasteiger partial charge in [0.05, 0.1) is 11.7 Å². The minimum Gasteiger partial charge on any atom is -0.343 e. The Balaban J connectivity index is 1.62. The summed E-state index contributed by atoms with van der Waals surface area (Å²) in [6.45, 7) is 2.89. The van der Waals surface area contributed by atoms with Gasteiger partial charge in [-0.05, 0) is 31.0 Å². The number of anilines is 1. The van der Waals surface area contributed by atoms with Gasteiger partial charge in [-0.1, -0.05) is 0 Å². The molecular weight excluding hydrogens is 268 g/mol. The number of fused-ring (bicyclic) bond motifs is 1. The maximum absolute atomic E-state index is 12.3. The van der Waals surface area contributed by atoms with Crippen LogP contribution < -0.4 is 5.32 Å². The van der Waals surface area contributed by atoms with Crippen LogP contribution in [0.15, 0.2) is 24.4 Å². The third-order valence-electron chi connectivity index (χ3n) is 4.02. The molecule has 0 radical (unpaired) electrons. The molecule has 1 saturated heterocycles. The van der Waals surface area contributed by atoms with Crippen LogP contribution in [0.4, 0.5) is 5.69 Å². The van der Waals surface area contributed by atoms with Gasteiger partial charge in [0.1, 0.15) is 0 Å². The Morgan fingerprint density at radius 3 is 2.81 bits per heavy atom. The predicted octanol–water partition coefficient (Wildman–Crippen LogP) is 1.76. The smallest absolute Gasteiger partial charge is 0.227 e. The van der Waals surface area contributed by atoms with E-state index in [1.807, 2.05) is 18.2 Å². The molecule has 6 nitrogen and oxygen atoms in total. The van der Waals surface area contributed by atoms with Gasteiger partial charge in [-0.15, -0.1) is 0 Å². The average Bonchev–Trinajstić information content (AvgIpc) is 2.95. The Morgan fingerprint density at radius 1 is 1.33 bits per heavy atom. The molecule has 21 heavy (non-hydrogen) atoms. The van der Waals surface area contributed by atoms with Gasteiger partial charge >= 0.3 is 0 Å². The van der Waals surface area contributed by atoms with Crippen LogP contribution >= 0.6 is 0 Å². The first kappa shape index (κ1) is 13.6. The zero-order valence-corrected chi connectivity index (χ0v) is 11.9. The van der Waals surface area contributed by atoms with Gasteiger partial charge in [-0.25, -0.2) is 0 Å². The van der Waals surface area contributed by atoms with Crippen molar-refractivity contribution in [2.45, 2.75) is 19.8 Å². The van der Waals surface area contributed by atoms with E-state index in [9.17, 15) is 9.59 Å². The number of piperidine rings is 1. The first-order chi connectivity index (χ1) is 10.1. The fraction of sp³-hybridized carbons (Fsp3) is 0.400. The van der Waals surface area contributed by atoms with E-state index in [1.54, 1.807) is 18.0 Å². The fourth-order valence-electron chi connectivity index (χ4n) is 2.72. The molecule has 0 unspecified atom stereocenters. The van der Waals surface area contributed by atoms with Crippen LogP contribution in [0.25, 0.3) is 10.9 Å². The number of amides is 2. The Labute approximate surface area is 122 Å². The number of rotatable bonds is 2. The first-order valence-corrected chi connectivity index (χ1v) is 7.13. The molecule has 0 saturated carbocycles. The van der Waals surface area contributed by atoms with Gasteiger partial charge in [0, 0.05) is 37.0 Å². The van der Waals surface area contributed by atoms with Crippen molar-refractivity contribution in [2.75, 3.05) is 18.4 Å². The SMILES string of the molecule is CC(=O)N1CCC(C(=O)Nc2ccc3cn[nH]c3c2)CC1. The molecule has 2 N–H and O–H groups in total. The van der Waals surface area contributed by atoms with E-state index in [1.165, 1.54) is 0 Å². The summed E-state index contributed by atoms with van der Waals surface area (Å²) in [5.41, 5.74) is 1.67. The summed E-state index contributed by atoms with van der Waals surface area (Å²) in [5, 5.41) is 10.8. The molecule has 0 aliphatic carbocycles. The van der Waals surface area contributed by atoms with Crippen molar-refractivity contribution in [3.63, 3.8) is 0 Å². The van der Waals surface area contributed by atoms with Gasteiger partial charge in [-0.2, -0.15) is 5.10 Å². The molecule has 0 spiro atoms. The van der Waals surface area contributed by atoms with Crippen LogP contribution in [0.5, 0.6) is 0 Å². The number of nitrogens with one attached hydrogen (secondary N) is 2. The second-order valence-corrected chi connectivity index (χ2v) is 5.44. The predicted molar refractivity (Wildman–Crippen MR) is 79.7 cm³/mol. The second-order valence-electron chi connectivity index (χ2n) is 5.44. The third-order valence-corrected chi connectivity index (χ3v) is 4.02. The molecule has 1 fully saturated rings. The van der Waals surface area contributed by atoms with Crippen molar-refractivity contribution < 1.29 is 9.59 Å². The number of nitrogens with zero attached hydrogens (tertiary/aromatic N) is 2. The molecule has 1 aromatic carbocycles. The maximum Gasteiger partial charge on any atom is 0.227 e. The van der Waals surface area contributed by atoms with E-state index in [0.29, 0.717) is 13.1 Å². The molecule has 6 heteroatoms. The molecule has 110 valence electrons. The fourth-order valence-corrected chi connectivity index (χ4v) is 2.72. The minimum absolute atomic E-state index is 0.0251. The monoisotopic (exact) mass is 286 g/mol. The summed E-state index contributed by atoms with van der Waals surface area (Å²) < 4.78 is 0. The van der Waals surface area contributed by atoms with Crippen molar-refractivity contribution >= 4 is 28.4 Å². The molecule has 3 rings (SSSR count). The molecule has 1 aliphatic heterocycles. The number of carbonyl (C=O) groups excluding carboxylic acids is 2. The molecule has 1 aliphatic rings. The minimum atomic E-state index is -0.0296. The van der Waals surface area contributed by atoms with Crippen LogP contribution in [0.3, 0.4) is 0 Å². The summed E-state index contributed by atoms with van der Waals surface area (Å²) in [6.07, 6.45) is 3.19. The summed E-state index contributed by atoms with van der Waals surface area (Å²) in [4.78, 5) is 25.4. The highest BCUT2D eigenvalue weighted by molar-refractivity contribution is 5.95. The van der Waals surface area contributed by atoms with E-state index in [4.69, 9.17) is 0 Å². The molecular formula is C15H18N4O2. The van der Waals surface area contributed by atoms with E-state index in [-0.39, 0.29) is 17.7 Å². The quantitative estimate of drug-likeness (QED) is 0.883. The Bertz CT molecular complexity index is 671. The highest BCUT2D eigenvalue weighted by Gasteiger charge is 2.26. The Kier molecular flexibility index (Phi) is 3.60. The van der Waals surface area contributed by atoms with Crippen molar-refractivity contribution in [1.29, 1.82) is 0 Å². The summed E-state index contributed by atoms with van der Waals surface area (Å²) in [7, 11) is 0. The van der Waals surface area contributed by atoms with Crippen molar-refractivity contribution in [3.8, 4) is 0 Å². The van der Waals surface area contributed by atoms with E-state index in [0.717, 1.165) is 29.4 Å². The normalized spacial score (nSPS) is 16.1. The van der Waals surface area contributed by atoms with E-state index < -0.39 is 0 Å². The van der Waals surface area contributed by atoms with Gasteiger partial charge < -0.3 is 10.2 Å². The molecule has 0 bridgehead atoms. The molecule has 0 atom stereocenters. The van der Waals surface area contributed by atoms with Crippen LogP contribution in [0, 0.1) is 5.92 Å². The Morgan fingerprint density at radius 2 is 2.10 bits per heavy atom. The van der Waals surface area contributed by atoms with Crippen LogP contribution in [-0.4, -0.2) is 40.0 Å². The zero-order chi connectivity index (χ0) is 14.8. The topological polar surface area (TPSA) is 78.1 Å². The van der Waals surface area contributed by atoms with E-state index in [2.05, 4.69) is 15.5 Å². The number of benzene rings is 1. The number of carbonyl (C=O) groups is 2. The average molecular weight is 286 g/mol. The lowest BCUT2D eigenvalue weighted by Gasteiger charge is -2.30. The second kappa shape index (κ2) is 5.55. The van der Waals surface area contributed by atoms with Crippen LogP contribution in [-0.2, 0) is 9.59 Å². The standard InChI is InChI=1S/C15H18N4O2/c1-10(20)19-6-4-11(5-7-19)15(21)17-13-3-2-12-9-16-18-14(12)8-13/h2-3,8-9,11H,4-7H2,1H3,(H,16,18)(H,17,21). The number of hydrogen-bond donors (Lipinski definition) is 2. The van der Waals surface area contributed by atoms with E-state index >= 15 is 0 Å².